The molecule has 1 amide bonds. The SMILES string of the molecule is NNc1ccc(Cl)c(C(=O)Nc2ncccn2)n1. The van der Waals surface area contributed by atoms with Crippen LogP contribution in [0.15, 0.2) is 30.6 Å². The molecule has 8 heteroatoms. The number of hydrogen-bond acceptors (Lipinski definition) is 6. The molecule has 18 heavy (non-hydrogen) atoms. The summed E-state index contributed by atoms with van der Waals surface area (Å²) in [7, 11) is 0. The Kier molecular flexibility index (Phi) is 3.66. The second-order valence-corrected chi connectivity index (χ2v) is 3.60. The zero-order chi connectivity index (χ0) is 13.0. The average molecular weight is 265 g/mol. The number of anilines is 2. The molecule has 0 bridgehead atoms. The van der Waals surface area contributed by atoms with Crippen LogP contribution in [0.1, 0.15) is 10.5 Å². The summed E-state index contributed by atoms with van der Waals surface area (Å²) < 4.78 is 0. The predicted octanol–water partition coefficient (Wildman–Crippen LogP) is 1.06. The number of amides is 1. The Hall–Kier alpha value is -2.25. The number of carbonyl (C=O) groups excluding carboxylic acids is 1. The van der Waals surface area contributed by atoms with E-state index < -0.39 is 5.91 Å². The van der Waals surface area contributed by atoms with E-state index in [9.17, 15) is 4.79 Å². The normalized spacial score (nSPS) is 9.89. The highest BCUT2D eigenvalue weighted by molar-refractivity contribution is 6.34. The van der Waals surface area contributed by atoms with Gasteiger partial charge in [0.25, 0.3) is 5.91 Å². The van der Waals surface area contributed by atoms with E-state index in [1.807, 2.05) is 0 Å². The molecule has 2 aromatic rings. The van der Waals surface area contributed by atoms with Crippen molar-refractivity contribution in [3.8, 4) is 0 Å². The van der Waals surface area contributed by atoms with Crippen LogP contribution in [0, 0.1) is 0 Å². The summed E-state index contributed by atoms with van der Waals surface area (Å²) in [5.74, 6) is 5.20. The highest BCUT2D eigenvalue weighted by Gasteiger charge is 2.14. The molecule has 7 nitrogen and oxygen atoms in total. The first-order valence-electron chi connectivity index (χ1n) is 4.92. The molecule has 0 aromatic carbocycles. The third-order valence-electron chi connectivity index (χ3n) is 2.00. The second kappa shape index (κ2) is 5.39. The monoisotopic (exact) mass is 264 g/mol. The van der Waals surface area contributed by atoms with Crippen LogP contribution >= 0.6 is 11.6 Å². The zero-order valence-electron chi connectivity index (χ0n) is 9.09. The standard InChI is InChI=1S/C10H9ClN6O/c11-6-2-3-7(17-12)15-8(6)9(18)16-10-13-4-1-5-14-10/h1-5H,12H2,(H,15,17)(H,13,14,16,18). The van der Waals surface area contributed by atoms with Gasteiger partial charge < -0.3 is 5.43 Å². The van der Waals surface area contributed by atoms with E-state index in [1.165, 1.54) is 18.5 Å². The fourth-order valence-electron chi connectivity index (χ4n) is 1.21. The number of hydrogen-bond donors (Lipinski definition) is 3. The number of rotatable bonds is 3. The second-order valence-electron chi connectivity index (χ2n) is 3.20. The third-order valence-corrected chi connectivity index (χ3v) is 2.31. The van der Waals surface area contributed by atoms with Crippen molar-refractivity contribution in [3.63, 3.8) is 0 Å². The molecule has 2 heterocycles. The predicted molar refractivity (Wildman–Crippen MR) is 67.0 cm³/mol. The number of aromatic nitrogens is 3. The molecule has 0 radical (unpaired) electrons. The van der Waals surface area contributed by atoms with Gasteiger partial charge in [-0.2, -0.15) is 0 Å². The molecule has 2 aromatic heterocycles. The number of halogens is 1. The van der Waals surface area contributed by atoms with Gasteiger partial charge in [0.05, 0.1) is 5.02 Å². The van der Waals surface area contributed by atoms with E-state index in [2.05, 4.69) is 25.7 Å². The highest BCUT2D eigenvalue weighted by atomic mass is 35.5. The molecule has 0 unspecified atom stereocenters. The van der Waals surface area contributed by atoms with Gasteiger partial charge in [-0.25, -0.2) is 20.8 Å². The van der Waals surface area contributed by atoms with E-state index in [4.69, 9.17) is 17.4 Å². The van der Waals surface area contributed by atoms with Crippen molar-refractivity contribution in [1.82, 2.24) is 15.0 Å². The summed E-state index contributed by atoms with van der Waals surface area (Å²) in [6, 6.07) is 4.71. The lowest BCUT2D eigenvalue weighted by Gasteiger charge is -2.06. The summed E-state index contributed by atoms with van der Waals surface area (Å²) in [6.07, 6.45) is 3.02. The van der Waals surface area contributed by atoms with E-state index in [1.54, 1.807) is 12.1 Å². The molecule has 2 rings (SSSR count). The minimum absolute atomic E-state index is 0.0413. The van der Waals surface area contributed by atoms with Crippen LogP contribution in [-0.4, -0.2) is 20.9 Å². The van der Waals surface area contributed by atoms with Gasteiger partial charge in [-0.1, -0.05) is 11.6 Å². The Morgan fingerprint density at radius 2 is 2.00 bits per heavy atom. The van der Waals surface area contributed by atoms with Crippen molar-refractivity contribution in [3.05, 3.63) is 41.3 Å². The van der Waals surface area contributed by atoms with Gasteiger partial charge in [0.1, 0.15) is 11.5 Å². The Morgan fingerprint density at radius 3 is 2.67 bits per heavy atom. The lowest BCUT2D eigenvalue weighted by atomic mass is 10.3. The first-order valence-corrected chi connectivity index (χ1v) is 5.30. The average Bonchev–Trinajstić information content (AvgIpc) is 2.40. The van der Waals surface area contributed by atoms with Crippen LogP contribution in [0.3, 0.4) is 0 Å². The maximum Gasteiger partial charge on any atom is 0.278 e. The van der Waals surface area contributed by atoms with Crippen molar-refractivity contribution in [2.75, 3.05) is 10.7 Å². The number of nitrogens with one attached hydrogen (secondary N) is 2. The Morgan fingerprint density at radius 1 is 1.28 bits per heavy atom. The quantitative estimate of drug-likeness (QED) is 0.565. The molecule has 0 atom stereocenters. The number of nitrogens with zero attached hydrogens (tertiary/aromatic N) is 3. The van der Waals surface area contributed by atoms with E-state index in [0.29, 0.717) is 5.82 Å². The molecule has 0 fully saturated rings. The Balaban J connectivity index is 2.23. The summed E-state index contributed by atoms with van der Waals surface area (Å²) in [5, 5.41) is 2.68. The van der Waals surface area contributed by atoms with Crippen LogP contribution in [0.4, 0.5) is 11.8 Å². The highest BCUT2D eigenvalue weighted by Crippen LogP contribution is 2.17. The maximum atomic E-state index is 11.9. The minimum atomic E-state index is -0.511. The maximum absolute atomic E-state index is 11.9. The fraction of sp³-hybridized carbons (Fsp3) is 0. The molecule has 0 saturated heterocycles. The number of nitrogens with two attached hydrogens (primary N) is 1. The van der Waals surface area contributed by atoms with Gasteiger partial charge in [0, 0.05) is 12.4 Å². The fourth-order valence-corrected chi connectivity index (χ4v) is 1.40. The lowest BCUT2D eigenvalue weighted by Crippen LogP contribution is -2.18. The van der Waals surface area contributed by atoms with Gasteiger partial charge in [-0.3, -0.25) is 10.1 Å². The minimum Gasteiger partial charge on any atom is -0.308 e. The molecule has 0 spiro atoms. The first-order chi connectivity index (χ1) is 8.70. The zero-order valence-corrected chi connectivity index (χ0v) is 9.85. The topological polar surface area (TPSA) is 106 Å². The van der Waals surface area contributed by atoms with Gasteiger partial charge in [0.15, 0.2) is 0 Å². The van der Waals surface area contributed by atoms with Gasteiger partial charge in [0.2, 0.25) is 5.95 Å². The van der Waals surface area contributed by atoms with Crippen LogP contribution in [0.5, 0.6) is 0 Å². The van der Waals surface area contributed by atoms with E-state index in [0.717, 1.165) is 0 Å². The molecule has 0 aliphatic carbocycles. The van der Waals surface area contributed by atoms with Crippen LogP contribution < -0.4 is 16.6 Å². The molecule has 0 aliphatic heterocycles. The molecular weight excluding hydrogens is 256 g/mol. The summed E-state index contributed by atoms with van der Waals surface area (Å²) in [5.41, 5.74) is 2.37. The molecule has 0 saturated carbocycles. The Labute approximate surface area is 107 Å². The van der Waals surface area contributed by atoms with Crippen molar-refractivity contribution in [2.45, 2.75) is 0 Å². The van der Waals surface area contributed by atoms with E-state index >= 15 is 0 Å². The number of pyridine rings is 1. The smallest absolute Gasteiger partial charge is 0.278 e. The van der Waals surface area contributed by atoms with E-state index in [-0.39, 0.29) is 16.7 Å². The Bertz CT molecular complexity index is 562. The van der Waals surface area contributed by atoms with Gasteiger partial charge >= 0.3 is 0 Å². The third kappa shape index (κ3) is 2.70. The lowest BCUT2D eigenvalue weighted by molar-refractivity contribution is 0.102. The van der Waals surface area contributed by atoms with Crippen molar-refractivity contribution in [1.29, 1.82) is 0 Å². The largest absolute Gasteiger partial charge is 0.308 e. The van der Waals surface area contributed by atoms with Crippen LogP contribution in [0.25, 0.3) is 0 Å². The number of carbonyl (C=O) groups is 1. The molecular formula is C10H9ClN6O. The van der Waals surface area contributed by atoms with Crippen molar-refractivity contribution < 1.29 is 4.79 Å². The van der Waals surface area contributed by atoms with Crippen molar-refractivity contribution in [2.24, 2.45) is 5.84 Å². The van der Waals surface area contributed by atoms with Crippen LogP contribution in [-0.2, 0) is 0 Å². The summed E-state index contributed by atoms with van der Waals surface area (Å²) in [4.78, 5) is 23.6. The van der Waals surface area contributed by atoms with Gasteiger partial charge in [-0.15, -0.1) is 0 Å². The number of hydrazine groups is 1. The summed E-state index contributed by atoms with van der Waals surface area (Å²) in [6.45, 7) is 0. The van der Waals surface area contributed by atoms with Gasteiger partial charge in [-0.05, 0) is 18.2 Å². The molecule has 4 N–H and O–H groups in total. The molecule has 92 valence electrons. The van der Waals surface area contributed by atoms with Crippen molar-refractivity contribution >= 4 is 29.3 Å². The first kappa shape index (κ1) is 12.2. The summed E-state index contributed by atoms with van der Waals surface area (Å²) >= 11 is 5.88. The number of nitrogen functional groups attached to an aromatic ring is 1. The molecule has 0 aliphatic rings. The van der Waals surface area contributed by atoms with Crippen LogP contribution in [0.2, 0.25) is 5.02 Å².